The lowest BCUT2D eigenvalue weighted by Crippen LogP contribution is -2.43. The zero-order chi connectivity index (χ0) is 9.68. The first-order valence-corrected chi connectivity index (χ1v) is 5.21. The van der Waals surface area contributed by atoms with Gasteiger partial charge in [-0.2, -0.15) is 0 Å². The van der Waals surface area contributed by atoms with Crippen molar-refractivity contribution >= 4 is 0 Å². The molecule has 3 nitrogen and oxygen atoms in total. The standard InChI is InChI=1S/C10H22N2O/c1-9(2)12(3)8-11-10-4-6-13-7-5-10/h9-11H,4-8H2,1-3H3. The highest BCUT2D eigenvalue weighted by Crippen LogP contribution is 2.06. The third kappa shape index (κ3) is 4.07. The van der Waals surface area contributed by atoms with Gasteiger partial charge in [0.25, 0.3) is 0 Å². The molecule has 1 N–H and O–H groups in total. The number of nitrogens with zero attached hydrogens (tertiary/aromatic N) is 1. The highest BCUT2D eigenvalue weighted by Gasteiger charge is 2.13. The van der Waals surface area contributed by atoms with E-state index in [1.165, 1.54) is 0 Å². The van der Waals surface area contributed by atoms with Crippen molar-refractivity contribution < 1.29 is 4.74 Å². The maximum absolute atomic E-state index is 5.30. The van der Waals surface area contributed by atoms with Crippen molar-refractivity contribution in [3.63, 3.8) is 0 Å². The van der Waals surface area contributed by atoms with Crippen molar-refractivity contribution in [2.24, 2.45) is 0 Å². The van der Waals surface area contributed by atoms with Gasteiger partial charge >= 0.3 is 0 Å². The lowest BCUT2D eigenvalue weighted by Gasteiger charge is -2.28. The Morgan fingerprint density at radius 1 is 1.38 bits per heavy atom. The Hall–Kier alpha value is -0.120. The van der Waals surface area contributed by atoms with Gasteiger partial charge in [0.1, 0.15) is 0 Å². The molecule has 0 spiro atoms. The molecular weight excluding hydrogens is 164 g/mol. The van der Waals surface area contributed by atoms with E-state index < -0.39 is 0 Å². The summed E-state index contributed by atoms with van der Waals surface area (Å²) in [6.45, 7) is 7.26. The van der Waals surface area contributed by atoms with Crippen LogP contribution in [-0.4, -0.2) is 43.9 Å². The van der Waals surface area contributed by atoms with Crippen molar-refractivity contribution in [3.05, 3.63) is 0 Å². The monoisotopic (exact) mass is 186 g/mol. The first-order chi connectivity index (χ1) is 6.20. The molecule has 3 heteroatoms. The van der Waals surface area contributed by atoms with Crippen LogP contribution in [0.3, 0.4) is 0 Å². The van der Waals surface area contributed by atoms with Crippen LogP contribution in [0.2, 0.25) is 0 Å². The van der Waals surface area contributed by atoms with Gasteiger partial charge in [0, 0.05) is 32.0 Å². The van der Waals surface area contributed by atoms with Gasteiger partial charge in [-0.15, -0.1) is 0 Å². The Labute approximate surface area is 81.4 Å². The van der Waals surface area contributed by atoms with E-state index in [0.29, 0.717) is 12.1 Å². The zero-order valence-electron chi connectivity index (χ0n) is 9.05. The van der Waals surface area contributed by atoms with Crippen molar-refractivity contribution in [3.8, 4) is 0 Å². The minimum atomic E-state index is 0.618. The van der Waals surface area contributed by atoms with Crippen LogP contribution in [-0.2, 0) is 4.74 Å². The van der Waals surface area contributed by atoms with Gasteiger partial charge in [0.15, 0.2) is 0 Å². The fraction of sp³-hybridized carbons (Fsp3) is 1.00. The number of hydrogen-bond acceptors (Lipinski definition) is 3. The summed E-state index contributed by atoms with van der Waals surface area (Å²) in [6.07, 6.45) is 2.32. The van der Waals surface area contributed by atoms with Crippen LogP contribution in [0.4, 0.5) is 0 Å². The predicted octanol–water partition coefficient (Wildman–Crippen LogP) is 1.05. The van der Waals surface area contributed by atoms with Crippen LogP contribution in [0.15, 0.2) is 0 Å². The molecular formula is C10H22N2O. The van der Waals surface area contributed by atoms with Crippen molar-refractivity contribution in [2.45, 2.75) is 38.8 Å². The van der Waals surface area contributed by atoms with E-state index in [9.17, 15) is 0 Å². The maximum Gasteiger partial charge on any atom is 0.0482 e. The van der Waals surface area contributed by atoms with Crippen LogP contribution < -0.4 is 5.32 Å². The second-order valence-corrected chi connectivity index (χ2v) is 4.10. The molecule has 0 amide bonds. The summed E-state index contributed by atoms with van der Waals surface area (Å²) in [7, 11) is 2.15. The molecule has 1 rings (SSSR count). The molecule has 0 aromatic rings. The average molecular weight is 186 g/mol. The van der Waals surface area contributed by atoms with Crippen molar-refractivity contribution in [1.29, 1.82) is 0 Å². The summed E-state index contributed by atoms with van der Waals surface area (Å²) >= 11 is 0. The predicted molar refractivity (Wildman–Crippen MR) is 54.7 cm³/mol. The topological polar surface area (TPSA) is 24.5 Å². The van der Waals surface area contributed by atoms with E-state index >= 15 is 0 Å². The van der Waals surface area contributed by atoms with Gasteiger partial charge in [-0.3, -0.25) is 4.90 Å². The number of hydrogen-bond donors (Lipinski definition) is 1. The number of nitrogens with one attached hydrogen (secondary N) is 1. The van der Waals surface area contributed by atoms with E-state index in [1.807, 2.05) is 0 Å². The number of rotatable bonds is 4. The fourth-order valence-corrected chi connectivity index (χ4v) is 1.36. The van der Waals surface area contributed by atoms with Crippen LogP contribution in [0, 0.1) is 0 Å². The highest BCUT2D eigenvalue weighted by molar-refractivity contribution is 4.70. The molecule has 1 saturated heterocycles. The number of ether oxygens (including phenoxy) is 1. The van der Waals surface area contributed by atoms with E-state index in [2.05, 4.69) is 31.1 Å². The largest absolute Gasteiger partial charge is 0.381 e. The fourth-order valence-electron chi connectivity index (χ4n) is 1.36. The Balaban J connectivity index is 2.10. The van der Waals surface area contributed by atoms with E-state index in [-0.39, 0.29) is 0 Å². The smallest absolute Gasteiger partial charge is 0.0482 e. The van der Waals surface area contributed by atoms with Crippen molar-refractivity contribution in [2.75, 3.05) is 26.9 Å². The molecule has 1 heterocycles. The first-order valence-electron chi connectivity index (χ1n) is 5.21. The summed E-state index contributed by atoms with van der Waals surface area (Å²) in [4.78, 5) is 2.31. The Kier molecular flexibility index (Phi) is 4.70. The lowest BCUT2D eigenvalue weighted by atomic mass is 10.1. The molecule has 0 atom stereocenters. The third-order valence-electron chi connectivity index (χ3n) is 2.73. The minimum Gasteiger partial charge on any atom is -0.381 e. The lowest BCUT2D eigenvalue weighted by molar-refractivity contribution is 0.0725. The van der Waals surface area contributed by atoms with E-state index in [0.717, 1.165) is 32.7 Å². The summed E-state index contributed by atoms with van der Waals surface area (Å²) in [5.74, 6) is 0. The zero-order valence-corrected chi connectivity index (χ0v) is 9.05. The molecule has 0 radical (unpaired) electrons. The second kappa shape index (κ2) is 5.58. The molecule has 0 bridgehead atoms. The van der Waals surface area contributed by atoms with Crippen molar-refractivity contribution in [1.82, 2.24) is 10.2 Å². The second-order valence-electron chi connectivity index (χ2n) is 4.10. The molecule has 0 saturated carbocycles. The van der Waals surface area contributed by atoms with Crippen LogP contribution >= 0.6 is 0 Å². The Morgan fingerprint density at radius 2 is 2.00 bits per heavy atom. The first kappa shape index (κ1) is 11.0. The van der Waals surface area contributed by atoms with Gasteiger partial charge in [-0.1, -0.05) is 0 Å². The van der Waals surface area contributed by atoms with Gasteiger partial charge in [0.2, 0.25) is 0 Å². The summed E-state index contributed by atoms with van der Waals surface area (Å²) in [5, 5.41) is 3.55. The quantitative estimate of drug-likeness (QED) is 0.664. The summed E-state index contributed by atoms with van der Waals surface area (Å²) < 4.78 is 5.30. The molecule has 1 fully saturated rings. The molecule has 1 aliphatic heterocycles. The minimum absolute atomic E-state index is 0.618. The Morgan fingerprint density at radius 3 is 2.54 bits per heavy atom. The SMILES string of the molecule is CC(C)N(C)CNC1CCOCC1. The summed E-state index contributed by atoms with van der Waals surface area (Å²) in [5.41, 5.74) is 0. The third-order valence-corrected chi connectivity index (χ3v) is 2.73. The molecule has 13 heavy (non-hydrogen) atoms. The molecule has 1 aliphatic rings. The molecule has 78 valence electrons. The van der Waals surface area contributed by atoms with Gasteiger partial charge in [-0.05, 0) is 33.7 Å². The van der Waals surface area contributed by atoms with Gasteiger partial charge < -0.3 is 10.1 Å². The molecule has 0 aliphatic carbocycles. The summed E-state index contributed by atoms with van der Waals surface area (Å²) in [6, 6.07) is 1.28. The van der Waals surface area contributed by atoms with E-state index in [1.54, 1.807) is 0 Å². The van der Waals surface area contributed by atoms with Crippen LogP contribution in [0.5, 0.6) is 0 Å². The highest BCUT2D eigenvalue weighted by atomic mass is 16.5. The maximum atomic E-state index is 5.30. The van der Waals surface area contributed by atoms with E-state index in [4.69, 9.17) is 4.74 Å². The van der Waals surface area contributed by atoms with Crippen LogP contribution in [0.1, 0.15) is 26.7 Å². The molecule has 0 unspecified atom stereocenters. The van der Waals surface area contributed by atoms with Crippen LogP contribution in [0.25, 0.3) is 0 Å². The molecule has 0 aromatic carbocycles. The normalized spacial score (nSPS) is 20.1. The Bertz CT molecular complexity index is 133. The molecule has 0 aromatic heterocycles. The van der Waals surface area contributed by atoms with Gasteiger partial charge in [-0.25, -0.2) is 0 Å². The average Bonchev–Trinajstić information content (AvgIpc) is 2.15. The van der Waals surface area contributed by atoms with Gasteiger partial charge in [0.05, 0.1) is 0 Å².